The minimum absolute atomic E-state index is 0. The molecule has 1 saturated carbocycles. The van der Waals surface area contributed by atoms with Crippen molar-refractivity contribution in [2.45, 2.75) is 37.8 Å². The van der Waals surface area contributed by atoms with E-state index in [0.29, 0.717) is 6.07 Å². The summed E-state index contributed by atoms with van der Waals surface area (Å²) in [6, 6.07) is 2.39. The second-order valence-corrected chi connectivity index (χ2v) is 5.09. The minimum Gasteiger partial charge on any atom is -0.676 e. The van der Waals surface area contributed by atoms with E-state index < -0.39 is 33.7 Å². The van der Waals surface area contributed by atoms with Gasteiger partial charge in [-0.2, -0.15) is 12.1 Å². The van der Waals surface area contributed by atoms with Crippen LogP contribution in [0.25, 0.3) is 11.5 Å². The summed E-state index contributed by atoms with van der Waals surface area (Å²) < 4.78 is 0. The number of carboxylic acids is 2. The Morgan fingerprint density at radius 2 is 1.50 bits per heavy atom. The van der Waals surface area contributed by atoms with E-state index in [9.17, 15) is 19.7 Å². The van der Waals surface area contributed by atoms with E-state index in [-0.39, 0.29) is 33.1 Å². The maximum atomic E-state index is 10.6. The monoisotopic (exact) mass is 518 g/mol. The molecule has 0 amide bonds. The topological polar surface area (TPSA) is 165 Å². The minimum atomic E-state index is -1.52. The van der Waals surface area contributed by atoms with Crippen LogP contribution in [0.3, 0.4) is 0 Å². The number of nitrogens with zero attached hydrogens (tertiary/aromatic N) is 1. The van der Waals surface area contributed by atoms with Crippen molar-refractivity contribution in [2.75, 3.05) is 0 Å². The number of aromatic carboxylic acids is 2. The summed E-state index contributed by atoms with van der Waals surface area (Å²) in [6.07, 6.45) is 4.25. The molecule has 2 unspecified atom stereocenters. The van der Waals surface area contributed by atoms with Gasteiger partial charge < -0.3 is 21.7 Å². The number of hydrogen-bond donors (Lipinski definition) is 2. The van der Waals surface area contributed by atoms with Crippen LogP contribution in [-0.2, 0) is 21.1 Å². The molecule has 1 aliphatic carbocycles. The average molecular weight is 518 g/mol. The number of nitro groups is 1. The SMILES string of the molecule is O=C(O)c1ccc([N+](=O)[O-])cc1C(=O)O.[NH-]C1CCCCC1[NH-].[Pt+2]. The van der Waals surface area contributed by atoms with Crippen LogP contribution in [0.15, 0.2) is 18.2 Å². The first-order valence-corrected chi connectivity index (χ1v) is 6.91. The zero-order valence-corrected chi connectivity index (χ0v) is 14.8. The van der Waals surface area contributed by atoms with Crippen LogP contribution >= 0.6 is 0 Å². The molecule has 0 spiro atoms. The summed E-state index contributed by atoms with van der Waals surface area (Å²) >= 11 is 0. The Kier molecular flexibility index (Phi) is 9.35. The predicted octanol–water partition coefficient (Wildman–Crippen LogP) is 3.39. The van der Waals surface area contributed by atoms with Gasteiger partial charge in [0.2, 0.25) is 0 Å². The molecule has 2 atom stereocenters. The molecular formula is C14H17N3O6Pt. The Hall–Kier alpha value is -1.83. The van der Waals surface area contributed by atoms with E-state index in [1.165, 1.54) is 12.8 Å². The van der Waals surface area contributed by atoms with E-state index in [1.807, 2.05) is 0 Å². The molecule has 0 heterocycles. The van der Waals surface area contributed by atoms with E-state index in [4.69, 9.17) is 21.7 Å². The van der Waals surface area contributed by atoms with Gasteiger partial charge in [-0.1, -0.05) is 25.7 Å². The number of nitrogens with one attached hydrogen (secondary N) is 2. The van der Waals surface area contributed by atoms with Crippen LogP contribution in [0.5, 0.6) is 0 Å². The van der Waals surface area contributed by atoms with E-state index in [0.717, 1.165) is 25.0 Å². The van der Waals surface area contributed by atoms with Crippen molar-refractivity contribution >= 4 is 17.6 Å². The Labute approximate surface area is 152 Å². The van der Waals surface area contributed by atoms with Crippen molar-refractivity contribution in [3.63, 3.8) is 0 Å². The summed E-state index contributed by atoms with van der Waals surface area (Å²) in [5.74, 6) is -2.96. The smallest absolute Gasteiger partial charge is 0.676 e. The van der Waals surface area contributed by atoms with Crippen LogP contribution in [0, 0.1) is 10.1 Å². The molecule has 4 N–H and O–H groups in total. The van der Waals surface area contributed by atoms with Gasteiger partial charge in [-0.3, -0.25) is 10.1 Å². The molecule has 1 fully saturated rings. The fourth-order valence-electron chi connectivity index (χ4n) is 2.14. The third-order valence-electron chi connectivity index (χ3n) is 3.44. The first-order chi connectivity index (χ1) is 10.7. The molecule has 10 heteroatoms. The van der Waals surface area contributed by atoms with Gasteiger partial charge in [-0.25, -0.2) is 9.59 Å². The average Bonchev–Trinajstić information content (AvgIpc) is 2.50. The number of hydrogen-bond acceptors (Lipinski definition) is 4. The maximum absolute atomic E-state index is 10.6. The zero-order chi connectivity index (χ0) is 17.6. The van der Waals surface area contributed by atoms with Crippen molar-refractivity contribution in [3.05, 3.63) is 50.9 Å². The molecule has 1 aliphatic rings. The Morgan fingerprint density at radius 1 is 1.04 bits per heavy atom. The standard InChI is InChI=1S/C8H5NO6.C6H12N2.Pt/c10-7(11)5-2-1-4(9(14)15)3-6(5)8(12)13;7-5-3-1-2-4-6(5)8;/h1-3H,(H,10,11)(H,12,13);5-8H,1-4H2;/q;-2;+2. The fourth-order valence-corrected chi connectivity index (χ4v) is 2.14. The second-order valence-electron chi connectivity index (χ2n) is 5.09. The van der Waals surface area contributed by atoms with Crippen LogP contribution < -0.4 is 0 Å². The van der Waals surface area contributed by atoms with Gasteiger partial charge in [0.1, 0.15) is 0 Å². The molecule has 0 saturated heterocycles. The second kappa shape index (κ2) is 10.1. The summed E-state index contributed by atoms with van der Waals surface area (Å²) in [4.78, 5) is 30.7. The van der Waals surface area contributed by atoms with Gasteiger partial charge in [0.15, 0.2) is 0 Å². The van der Waals surface area contributed by atoms with Crippen molar-refractivity contribution in [1.82, 2.24) is 0 Å². The molecule has 1 aromatic rings. The van der Waals surface area contributed by atoms with Crippen molar-refractivity contribution < 1.29 is 45.8 Å². The molecule has 1 aromatic carbocycles. The number of non-ortho nitro benzene ring substituents is 1. The van der Waals surface area contributed by atoms with E-state index in [2.05, 4.69) is 0 Å². The Balaban J connectivity index is 0.000000498. The molecular weight excluding hydrogens is 501 g/mol. The number of nitro benzene ring substituents is 1. The van der Waals surface area contributed by atoms with Crippen molar-refractivity contribution in [3.8, 4) is 0 Å². The summed E-state index contributed by atoms with van der Waals surface area (Å²) in [6.45, 7) is 0. The molecule has 0 aromatic heterocycles. The van der Waals surface area contributed by atoms with Crippen LogP contribution in [0.1, 0.15) is 46.4 Å². The summed E-state index contributed by atoms with van der Waals surface area (Å²) in [5, 5.41) is 27.6. The quantitative estimate of drug-likeness (QED) is 0.460. The normalized spacial score (nSPS) is 19.2. The number of rotatable bonds is 3. The summed E-state index contributed by atoms with van der Waals surface area (Å²) in [7, 11) is 0. The molecule has 134 valence electrons. The van der Waals surface area contributed by atoms with Crippen molar-refractivity contribution in [2.24, 2.45) is 0 Å². The van der Waals surface area contributed by atoms with Gasteiger partial charge in [0, 0.05) is 12.1 Å². The molecule has 9 nitrogen and oxygen atoms in total. The number of benzene rings is 1. The van der Waals surface area contributed by atoms with Crippen LogP contribution in [0.2, 0.25) is 0 Å². The Bertz CT molecular complexity index is 600. The van der Waals surface area contributed by atoms with Gasteiger partial charge in [-0.15, -0.1) is 0 Å². The molecule has 0 radical (unpaired) electrons. The van der Waals surface area contributed by atoms with Gasteiger partial charge in [0.25, 0.3) is 5.69 Å². The largest absolute Gasteiger partial charge is 2.00 e. The van der Waals surface area contributed by atoms with Crippen LogP contribution in [-0.4, -0.2) is 39.2 Å². The molecule has 0 bridgehead atoms. The third kappa shape index (κ3) is 6.35. The molecule has 0 aliphatic heterocycles. The number of carbonyl (C=O) groups is 2. The number of carboxylic acid groups (broad SMARTS) is 2. The van der Waals surface area contributed by atoms with Crippen LogP contribution in [0.4, 0.5) is 5.69 Å². The summed E-state index contributed by atoms with van der Waals surface area (Å²) in [5.41, 5.74) is 13.0. The first kappa shape index (κ1) is 22.2. The molecule has 24 heavy (non-hydrogen) atoms. The maximum Gasteiger partial charge on any atom is 2.00 e. The van der Waals surface area contributed by atoms with Crippen molar-refractivity contribution in [1.29, 1.82) is 0 Å². The Morgan fingerprint density at radius 3 is 1.83 bits per heavy atom. The fraction of sp³-hybridized carbons (Fsp3) is 0.429. The van der Waals surface area contributed by atoms with Gasteiger partial charge in [-0.05, 0) is 6.07 Å². The predicted molar refractivity (Wildman–Crippen MR) is 81.7 cm³/mol. The third-order valence-corrected chi connectivity index (χ3v) is 3.44. The first-order valence-electron chi connectivity index (χ1n) is 6.91. The van der Waals surface area contributed by atoms with Gasteiger partial charge >= 0.3 is 33.0 Å². The van der Waals surface area contributed by atoms with E-state index >= 15 is 0 Å². The van der Waals surface area contributed by atoms with Gasteiger partial charge in [0.05, 0.1) is 16.1 Å². The van der Waals surface area contributed by atoms with E-state index in [1.54, 1.807) is 0 Å². The zero-order valence-electron chi connectivity index (χ0n) is 12.5. The molecule has 2 rings (SSSR count).